The third-order valence-corrected chi connectivity index (χ3v) is 5.40. The van der Waals surface area contributed by atoms with Crippen LogP contribution in [0.15, 0.2) is 88.0 Å². The zero-order valence-electron chi connectivity index (χ0n) is 18.7. The summed E-state index contributed by atoms with van der Waals surface area (Å²) in [6, 6.07) is 22.8. The summed E-state index contributed by atoms with van der Waals surface area (Å²) in [4.78, 5) is 16.7. The van der Waals surface area contributed by atoms with E-state index in [1.54, 1.807) is 6.08 Å². The number of aryl methyl sites for hydroxylation is 1. The molecule has 0 radical (unpaired) electrons. The van der Waals surface area contributed by atoms with Crippen LogP contribution in [-0.4, -0.2) is 38.3 Å². The zero-order valence-corrected chi connectivity index (χ0v) is 20.3. The number of carbonyl (C=O) groups excluding carboxylic acids is 1. The number of halogens is 1. The molecular formula is C27H24BrNO5. The van der Waals surface area contributed by atoms with Crippen LogP contribution in [0.25, 0.3) is 6.08 Å². The Morgan fingerprint density at radius 3 is 2.41 bits per heavy atom. The van der Waals surface area contributed by atoms with Gasteiger partial charge in [0.05, 0.1) is 13.2 Å². The zero-order chi connectivity index (χ0) is 23.8. The molecule has 174 valence electrons. The van der Waals surface area contributed by atoms with Gasteiger partial charge in [0.1, 0.15) is 24.7 Å². The summed E-state index contributed by atoms with van der Waals surface area (Å²) in [6.07, 6.45) is 1.66. The number of rotatable bonds is 10. The number of benzene rings is 3. The lowest BCUT2D eigenvalue weighted by Gasteiger charge is -2.11. The molecule has 0 unspecified atom stereocenters. The van der Waals surface area contributed by atoms with E-state index in [-0.39, 0.29) is 11.6 Å². The number of nitrogens with zero attached hydrogens (tertiary/aromatic N) is 1. The van der Waals surface area contributed by atoms with Gasteiger partial charge in [0.15, 0.2) is 5.70 Å². The highest BCUT2D eigenvalue weighted by molar-refractivity contribution is 9.10. The molecule has 3 aromatic carbocycles. The van der Waals surface area contributed by atoms with E-state index in [1.165, 1.54) is 5.56 Å². The molecule has 0 saturated heterocycles. The summed E-state index contributed by atoms with van der Waals surface area (Å²) in [5.41, 5.74) is 2.86. The van der Waals surface area contributed by atoms with Gasteiger partial charge < -0.3 is 18.9 Å². The molecule has 0 aliphatic carbocycles. The average molecular weight is 522 g/mol. The van der Waals surface area contributed by atoms with Gasteiger partial charge in [-0.05, 0) is 55.5 Å². The molecule has 1 aliphatic heterocycles. The number of esters is 1. The maximum atomic E-state index is 12.3. The molecule has 34 heavy (non-hydrogen) atoms. The summed E-state index contributed by atoms with van der Waals surface area (Å²) in [7, 11) is 0. The number of aliphatic imine (C=N–C) groups is 1. The van der Waals surface area contributed by atoms with E-state index in [9.17, 15) is 4.79 Å². The fourth-order valence-corrected chi connectivity index (χ4v) is 3.57. The molecule has 0 aromatic heterocycles. The van der Waals surface area contributed by atoms with Gasteiger partial charge in [-0.25, -0.2) is 9.79 Å². The molecule has 0 saturated carbocycles. The first-order chi connectivity index (χ1) is 16.6. The molecule has 6 nitrogen and oxygen atoms in total. The normalized spacial score (nSPS) is 14.1. The second kappa shape index (κ2) is 11.6. The van der Waals surface area contributed by atoms with E-state index < -0.39 is 5.97 Å². The Kier molecular flexibility index (Phi) is 8.12. The van der Waals surface area contributed by atoms with Gasteiger partial charge in [-0.1, -0.05) is 51.8 Å². The first-order valence-electron chi connectivity index (χ1n) is 10.9. The molecule has 0 bridgehead atoms. The summed E-state index contributed by atoms with van der Waals surface area (Å²) >= 11 is 3.47. The van der Waals surface area contributed by atoms with Crippen LogP contribution in [0.5, 0.6) is 11.5 Å². The smallest absolute Gasteiger partial charge is 0.363 e. The van der Waals surface area contributed by atoms with Gasteiger partial charge in [0, 0.05) is 15.6 Å². The summed E-state index contributed by atoms with van der Waals surface area (Å²) in [5.74, 6) is 1.23. The van der Waals surface area contributed by atoms with Gasteiger partial charge in [-0.3, -0.25) is 0 Å². The van der Waals surface area contributed by atoms with Crippen LogP contribution in [-0.2, 0) is 14.3 Å². The molecule has 3 aromatic rings. The molecule has 7 heteroatoms. The number of carbonyl (C=O) groups is 1. The minimum atomic E-state index is -0.498. The summed E-state index contributed by atoms with van der Waals surface area (Å²) in [5, 5.41) is 0. The van der Waals surface area contributed by atoms with Crippen LogP contribution in [0.3, 0.4) is 0 Å². The van der Waals surface area contributed by atoms with Gasteiger partial charge in [0.25, 0.3) is 0 Å². The largest absolute Gasteiger partial charge is 0.491 e. The summed E-state index contributed by atoms with van der Waals surface area (Å²) in [6.45, 7) is 3.71. The van der Waals surface area contributed by atoms with Gasteiger partial charge in [-0.2, -0.15) is 0 Å². The van der Waals surface area contributed by atoms with Crippen molar-refractivity contribution in [2.45, 2.75) is 6.92 Å². The van der Waals surface area contributed by atoms with Crippen molar-refractivity contribution in [2.24, 2.45) is 4.99 Å². The first kappa shape index (κ1) is 23.7. The third kappa shape index (κ3) is 6.56. The standard InChI is InChI=1S/C27H24BrNO5/c1-19-7-10-23(11-8-19)32-15-13-31-14-16-33-25-12-9-22(28)17-21(25)18-24-27(30)34-26(29-24)20-5-3-2-4-6-20/h2-12,17-18H,13-16H2,1H3/b24-18-. The highest BCUT2D eigenvalue weighted by Gasteiger charge is 2.24. The summed E-state index contributed by atoms with van der Waals surface area (Å²) < 4.78 is 23.3. The van der Waals surface area contributed by atoms with E-state index in [0.717, 1.165) is 15.8 Å². The van der Waals surface area contributed by atoms with E-state index in [0.29, 0.717) is 37.7 Å². The Balaban J connectivity index is 1.31. The Labute approximate surface area is 207 Å². The van der Waals surface area contributed by atoms with Crippen LogP contribution >= 0.6 is 15.9 Å². The van der Waals surface area contributed by atoms with Gasteiger partial charge >= 0.3 is 5.97 Å². The fraction of sp³-hybridized carbons (Fsp3) is 0.185. The van der Waals surface area contributed by atoms with E-state index in [4.69, 9.17) is 18.9 Å². The first-order valence-corrected chi connectivity index (χ1v) is 11.7. The molecule has 0 atom stereocenters. The van der Waals surface area contributed by atoms with Crippen LogP contribution in [0.4, 0.5) is 0 Å². The number of ether oxygens (including phenoxy) is 4. The molecule has 1 aliphatic rings. The Hall–Kier alpha value is -3.42. The molecular weight excluding hydrogens is 498 g/mol. The van der Waals surface area contributed by atoms with Crippen LogP contribution in [0, 0.1) is 6.92 Å². The van der Waals surface area contributed by atoms with E-state index in [2.05, 4.69) is 20.9 Å². The quantitative estimate of drug-likeness (QED) is 0.198. The molecule has 0 amide bonds. The van der Waals surface area contributed by atoms with Crippen molar-refractivity contribution in [3.05, 3.63) is 99.7 Å². The van der Waals surface area contributed by atoms with Crippen molar-refractivity contribution in [3.8, 4) is 11.5 Å². The maximum absolute atomic E-state index is 12.3. The number of hydrogen-bond acceptors (Lipinski definition) is 6. The molecule has 0 spiro atoms. The van der Waals surface area contributed by atoms with Crippen molar-refractivity contribution in [1.82, 2.24) is 0 Å². The van der Waals surface area contributed by atoms with Crippen molar-refractivity contribution in [1.29, 1.82) is 0 Å². The van der Waals surface area contributed by atoms with Crippen molar-refractivity contribution in [2.75, 3.05) is 26.4 Å². The van der Waals surface area contributed by atoms with Gasteiger partial charge in [-0.15, -0.1) is 0 Å². The monoisotopic (exact) mass is 521 g/mol. The Morgan fingerprint density at radius 1 is 0.912 bits per heavy atom. The average Bonchev–Trinajstić information content (AvgIpc) is 3.21. The lowest BCUT2D eigenvalue weighted by Crippen LogP contribution is -2.12. The maximum Gasteiger partial charge on any atom is 0.363 e. The second-order valence-electron chi connectivity index (χ2n) is 7.51. The number of hydrogen-bond donors (Lipinski definition) is 0. The minimum absolute atomic E-state index is 0.214. The molecule has 0 fully saturated rings. The van der Waals surface area contributed by atoms with E-state index >= 15 is 0 Å². The molecule has 0 N–H and O–H groups in total. The van der Waals surface area contributed by atoms with Crippen molar-refractivity contribution < 1.29 is 23.7 Å². The van der Waals surface area contributed by atoms with Gasteiger partial charge in [0.2, 0.25) is 5.90 Å². The lowest BCUT2D eigenvalue weighted by molar-refractivity contribution is -0.129. The van der Waals surface area contributed by atoms with Crippen LogP contribution < -0.4 is 9.47 Å². The predicted molar refractivity (Wildman–Crippen MR) is 134 cm³/mol. The van der Waals surface area contributed by atoms with E-state index in [1.807, 2.05) is 79.7 Å². The lowest BCUT2D eigenvalue weighted by atomic mass is 10.1. The number of cyclic esters (lactones) is 1. The molecule has 4 rings (SSSR count). The Morgan fingerprint density at radius 2 is 1.65 bits per heavy atom. The van der Waals surface area contributed by atoms with Crippen LogP contribution in [0.2, 0.25) is 0 Å². The third-order valence-electron chi connectivity index (χ3n) is 4.91. The van der Waals surface area contributed by atoms with Crippen molar-refractivity contribution >= 4 is 33.9 Å². The fourth-order valence-electron chi connectivity index (χ4n) is 3.19. The molecule has 1 heterocycles. The Bertz CT molecular complexity index is 1190. The second-order valence-corrected chi connectivity index (χ2v) is 8.42. The highest BCUT2D eigenvalue weighted by Crippen LogP contribution is 2.28. The SMILES string of the molecule is Cc1ccc(OCCOCCOc2ccc(Br)cc2/C=C2\N=C(c3ccccc3)OC2=O)cc1. The topological polar surface area (TPSA) is 66.3 Å². The predicted octanol–water partition coefficient (Wildman–Crippen LogP) is 5.58. The minimum Gasteiger partial charge on any atom is -0.491 e. The highest BCUT2D eigenvalue weighted by atomic mass is 79.9. The van der Waals surface area contributed by atoms with Crippen LogP contribution in [0.1, 0.15) is 16.7 Å². The van der Waals surface area contributed by atoms with Crippen molar-refractivity contribution in [3.63, 3.8) is 0 Å².